The van der Waals surface area contributed by atoms with Gasteiger partial charge in [0, 0.05) is 6.61 Å². The Morgan fingerprint density at radius 2 is 1.64 bits per heavy atom. The molecule has 0 spiro atoms. The normalized spacial score (nSPS) is 18.2. The van der Waals surface area contributed by atoms with E-state index < -0.39 is 0 Å². The van der Waals surface area contributed by atoms with Gasteiger partial charge in [-0.3, -0.25) is 0 Å². The lowest BCUT2D eigenvalue weighted by molar-refractivity contribution is -0.131. The molecule has 2 unspecified atom stereocenters. The Bertz CT molecular complexity index is 143. The number of rotatable bonds is 7. The van der Waals surface area contributed by atoms with Gasteiger partial charge in [0.25, 0.3) is 0 Å². The van der Waals surface area contributed by atoms with Crippen molar-refractivity contribution in [1.29, 1.82) is 0 Å². The number of aliphatic hydroxyl groups is 1. The number of ether oxygens (including phenoxy) is 1. The van der Waals surface area contributed by atoms with Crippen molar-refractivity contribution >= 4 is 0 Å². The molecule has 0 saturated heterocycles. The summed E-state index contributed by atoms with van der Waals surface area (Å²) in [7, 11) is 0. The van der Waals surface area contributed by atoms with Crippen LogP contribution in [-0.2, 0) is 4.74 Å². The Labute approximate surface area is 88.7 Å². The van der Waals surface area contributed by atoms with Crippen LogP contribution in [0.5, 0.6) is 0 Å². The topological polar surface area (TPSA) is 29.5 Å². The zero-order chi connectivity index (χ0) is 11.2. The Hall–Kier alpha value is -0.0800. The maximum Gasteiger partial charge on any atom is 0.0912 e. The largest absolute Gasteiger partial charge is 0.390 e. The fourth-order valence-corrected chi connectivity index (χ4v) is 1.96. The van der Waals surface area contributed by atoms with Crippen molar-refractivity contribution in [2.24, 2.45) is 5.92 Å². The average Bonchev–Trinajstić information content (AvgIpc) is 2.19. The van der Waals surface area contributed by atoms with Gasteiger partial charge in [-0.15, -0.1) is 0 Å². The molecule has 1 N–H and O–H groups in total. The van der Waals surface area contributed by atoms with E-state index in [1.54, 1.807) is 0 Å². The molecule has 0 rings (SSSR count). The van der Waals surface area contributed by atoms with E-state index in [0.29, 0.717) is 12.5 Å². The van der Waals surface area contributed by atoms with Crippen LogP contribution in [-0.4, -0.2) is 23.4 Å². The van der Waals surface area contributed by atoms with E-state index in [1.165, 1.54) is 0 Å². The highest BCUT2D eigenvalue weighted by Crippen LogP contribution is 2.28. The molecule has 14 heavy (non-hydrogen) atoms. The number of aliphatic hydroxyl groups excluding tert-OH is 1. The maximum absolute atomic E-state index is 10.2. The lowest BCUT2D eigenvalue weighted by atomic mass is 9.83. The second kappa shape index (κ2) is 6.41. The third-order valence-electron chi connectivity index (χ3n) is 3.30. The average molecular weight is 202 g/mol. The summed E-state index contributed by atoms with van der Waals surface area (Å²) in [5.74, 6) is 0.353. The smallest absolute Gasteiger partial charge is 0.0912 e. The standard InChI is InChI=1S/C12H26O2/c1-6-10(7-2)11(13)12(5,8-3)14-9-4/h10-11,13H,6-9H2,1-5H3. The van der Waals surface area contributed by atoms with Crippen molar-refractivity contribution in [1.82, 2.24) is 0 Å². The van der Waals surface area contributed by atoms with E-state index in [9.17, 15) is 5.11 Å². The van der Waals surface area contributed by atoms with E-state index in [2.05, 4.69) is 20.8 Å². The molecule has 2 heteroatoms. The zero-order valence-corrected chi connectivity index (χ0v) is 10.3. The number of hydrogen-bond donors (Lipinski definition) is 1. The van der Waals surface area contributed by atoms with Gasteiger partial charge in [-0.2, -0.15) is 0 Å². The Morgan fingerprint density at radius 3 is 1.93 bits per heavy atom. The molecule has 0 amide bonds. The third-order valence-corrected chi connectivity index (χ3v) is 3.30. The molecule has 0 aromatic rings. The molecular formula is C12H26O2. The van der Waals surface area contributed by atoms with Gasteiger partial charge in [-0.05, 0) is 26.2 Å². The molecule has 0 aliphatic rings. The minimum Gasteiger partial charge on any atom is -0.390 e. The van der Waals surface area contributed by atoms with E-state index >= 15 is 0 Å². The maximum atomic E-state index is 10.2. The number of hydrogen-bond acceptors (Lipinski definition) is 2. The molecular weight excluding hydrogens is 176 g/mol. The molecule has 0 aliphatic carbocycles. The monoisotopic (exact) mass is 202 g/mol. The molecule has 0 aliphatic heterocycles. The quantitative estimate of drug-likeness (QED) is 0.687. The summed E-state index contributed by atoms with van der Waals surface area (Å²) in [5.41, 5.74) is -0.370. The minimum atomic E-state index is -0.370. The van der Waals surface area contributed by atoms with Crippen LogP contribution in [0, 0.1) is 5.92 Å². The van der Waals surface area contributed by atoms with Crippen LogP contribution >= 0.6 is 0 Å². The molecule has 0 saturated carbocycles. The van der Waals surface area contributed by atoms with Crippen LogP contribution in [0.4, 0.5) is 0 Å². The first kappa shape index (κ1) is 13.9. The van der Waals surface area contributed by atoms with Crippen LogP contribution < -0.4 is 0 Å². The Balaban J connectivity index is 4.48. The molecule has 0 bridgehead atoms. The SMILES string of the molecule is CCOC(C)(CC)C(O)C(CC)CC. The highest BCUT2D eigenvalue weighted by Gasteiger charge is 2.35. The van der Waals surface area contributed by atoms with Crippen molar-refractivity contribution in [3.05, 3.63) is 0 Å². The van der Waals surface area contributed by atoms with Gasteiger partial charge in [-0.1, -0.05) is 33.6 Å². The van der Waals surface area contributed by atoms with Gasteiger partial charge in [0.2, 0.25) is 0 Å². The first-order chi connectivity index (χ1) is 6.55. The van der Waals surface area contributed by atoms with Gasteiger partial charge in [0.05, 0.1) is 11.7 Å². The summed E-state index contributed by atoms with van der Waals surface area (Å²) in [6.07, 6.45) is 2.54. The highest BCUT2D eigenvalue weighted by molar-refractivity contribution is 4.86. The van der Waals surface area contributed by atoms with E-state index in [1.807, 2.05) is 13.8 Å². The fraction of sp³-hybridized carbons (Fsp3) is 1.00. The predicted molar refractivity (Wildman–Crippen MR) is 60.4 cm³/mol. The molecule has 0 heterocycles. The summed E-state index contributed by atoms with van der Waals surface area (Å²) in [4.78, 5) is 0. The lowest BCUT2D eigenvalue weighted by Gasteiger charge is -2.37. The van der Waals surface area contributed by atoms with E-state index in [-0.39, 0.29) is 11.7 Å². The third kappa shape index (κ3) is 3.25. The summed E-state index contributed by atoms with van der Waals surface area (Å²) in [6, 6.07) is 0. The van der Waals surface area contributed by atoms with E-state index in [0.717, 1.165) is 19.3 Å². The first-order valence-electron chi connectivity index (χ1n) is 5.87. The second-order valence-corrected chi connectivity index (χ2v) is 4.12. The summed E-state index contributed by atoms with van der Waals surface area (Å²) < 4.78 is 5.68. The molecule has 86 valence electrons. The van der Waals surface area contributed by atoms with Crippen LogP contribution in [0.25, 0.3) is 0 Å². The van der Waals surface area contributed by atoms with Gasteiger partial charge in [0.1, 0.15) is 0 Å². The van der Waals surface area contributed by atoms with Crippen molar-refractivity contribution in [3.63, 3.8) is 0 Å². The summed E-state index contributed by atoms with van der Waals surface area (Å²) >= 11 is 0. The van der Waals surface area contributed by atoms with Crippen LogP contribution in [0.15, 0.2) is 0 Å². The summed E-state index contributed by atoms with van der Waals surface area (Å²) in [5, 5.41) is 10.2. The van der Waals surface area contributed by atoms with Crippen molar-refractivity contribution in [3.8, 4) is 0 Å². The highest BCUT2D eigenvalue weighted by atomic mass is 16.5. The second-order valence-electron chi connectivity index (χ2n) is 4.12. The van der Waals surface area contributed by atoms with E-state index in [4.69, 9.17) is 4.74 Å². The van der Waals surface area contributed by atoms with Crippen LogP contribution in [0.2, 0.25) is 0 Å². The van der Waals surface area contributed by atoms with Gasteiger partial charge in [0.15, 0.2) is 0 Å². The van der Waals surface area contributed by atoms with Gasteiger partial charge in [-0.25, -0.2) is 0 Å². The van der Waals surface area contributed by atoms with Crippen molar-refractivity contribution in [2.75, 3.05) is 6.61 Å². The molecule has 0 aromatic heterocycles. The zero-order valence-electron chi connectivity index (χ0n) is 10.3. The van der Waals surface area contributed by atoms with Gasteiger partial charge < -0.3 is 9.84 Å². The molecule has 2 atom stereocenters. The minimum absolute atomic E-state index is 0.345. The Kier molecular flexibility index (Phi) is 6.38. The molecule has 0 fully saturated rings. The fourth-order valence-electron chi connectivity index (χ4n) is 1.96. The molecule has 2 nitrogen and oxygen atoms in total. The first-order valence-corrected chi connectivity index (χ1v) is 5.87. The Morgan fingerprint density at radius 1 is 1.14 bits per heavy atom. The predicted octanol–water partition coefficient (Wildman–Crippen LogP) is 2.99. The molecule has 0 radical (unpaired) electrons. The van der Waals surface area contributed by atoms with Crippen molar-refractivity contribution in [2.45, 2.75) is 65.6 Å². The van der Waals surface area contributed by atoms with Gasteiger partial charge >= 0.3 is 0 Å². The van der Waals surface area contributed by atoms with Crippen LogP contribution in [0.3, 0.4) is 0 Å². The lowest BCUT2D eigenvalue weighted by Crippen LogP contribution is -2.45. The van der Waals surface area contributed by atoms with Crippen molar-refractivity contribution < 1.29 is 9.84 Å². The summed E-state index contributed by atoms with van der Waals surface area (Å²) in [6.45, 7) is 11.0. The van der Waals surface area contributed by atoms with Crippen LogP contribution in [0.1, 0.15) is 53.9 Å². The molecule has 0 aromatic carbocycles.